The smallest absolute Gasteiger partial charge is 0.239 e. The number of methoxy groups -OCH3 is 1. The molecule has 2 N–H and O–H groups in total. The second-order valence-electron chi connectivity index (χ2n) is 6.77. The number of hydrogen-bond acceptors (Lipinski definition) is 3. The maximum Gasteiger partial charge on any atom is 0.239 e. The predicted molar refractivity (Wildman–Crippen MR) is 110 cm³/mol. The van der Waals surface area contributed by atoms with Crippen molar-refractivity contribution >= 4 is 22.6 Å². The number of fused-ring (bicyclic) bond motifs is 1. The molecular weight excluding hydrogens is 371 g/mol. The SMILES string of the molecule is COc1ccc([C@@H](C)NC(=O)CNC(=O)Cc2cccc3ccccc23)cc1F. The van der Waals surface area contributed by atoms with Gasteiger partial charge >= 0.3 is 0 Å². The number of halogens is 1. The zero-order valence-electron chi connectivity index (χ0n) is 16.4. The van der Waals surface area contributed by atoms with Gasteiger partial charge in [-0.15, -0.1) is 0 Å². The highest BCUT2D eigenvalue weighted by Crippen LogP contribution is 2.21. The highest BCUT2D eigenvalue weighted by molar-refractivity contribution is 5.91. The summed E-state index contributed by atoms with van der Waals surface area (Å²) in [4.78, 5) is 24.4. The Bertz CT molecular complexity index is 1030. The molecule has 0 heterocycles. The van der Waals surface area contributed by atoms with E-state index in [-0.39, 0.29) is 30.5 Å². The highest BCUT2D eigenvalue weighted by atomic mass is 19.1. The van der Waals surface area contributed by atoms with Crippen molar-refractivity contribution in [3.05, 3.63) is 77.6 Å². The van der Waals surface area contributed by atoms with Gasteiger partial charge in [0.05, 0.1) is 26.1 Å². The largest absolute Gasteiger partial charge is 0.494 e. The first-order valence-corrected chi connectivity index (χ1v) is 9.34. The molecule has 6 heteroatoms. The highest BCUT2D eigenvalue weighted by Gasteiger charge is 2.14. The van der Waals surface area contributed by atoms with E-state index in [0.717, 1.165) is 16.3 Å². The molecule has 2 amide bonds. The second-order valence-corrected chi connectivity index (χ2v) is 6.77. The lowest BCUT2D eigenvalue weighted by Gasteiger charge is -2.15. The molecule has 0 saturated carbocycles. The third-order valence-corrected chi connectivity index (χ3v) is 4.73. The molecule has 29 heavy (non-hydrogen) atoms. The fourth-order valence-corrected chi connectivity index (χ4v) is 3.19. The maximum atomic E-state index is 13.8. The van der Waals surface area contributed by atoms with Crippen LogP contribution in [0.3, 0.4) is 0 Å². The first-order chi connectivity index (χ1) is 14.0. The Morgan fingerprint density at radius 2 is 1.79 bits per heavy atom. The van der Waals surface area contributed by atoms with Gasteiger partial charge in [0.25, 0.3) is 0 Å². The van der Waals surface area contributed by atoms with Crippen molar-refractivity contribution in [1.82, 2.24) is 10.6 Å². The first kappa shape index (κ1) is 20.3. The molecule has 150 valence electrons. The number of ether oxygens (including phenoxy) is 1. The van der Waals surface area contributed by atoms with Crippen molar-refractivity contribution in [2.45, 2.75) is 19.4 Å². The van der Waals surface area contributed by atoms with Crippen molar-refractivity contribution in [2.24, 2.45) is 0 Å². The monoisotopic (exact) mass is 394 g/mol. The number of nitrogens with one attached hydrogen (secondary N) is 2. The molecule has 3 aromatic carbocycles. The number of benzene rings is 3. The van der Waals surface area contributed by atoms with E-state index in [9.17, 15) is 14.0 Å². The molecular formula is C23H23FN2O3. The summed E-state index contributed by atoms with van der Waals surface area (Å²) in [5.41, 5.74) is 1.52. The van der Waals surface area contributed by atoms with E-state index in [0.29, 0.717) is 5.56 Å². The van der Waals surface area contributed by atoms with Crippen molar-refractivity contribution in [1.29, 1.82) is 0 Å². The molecule has 0 bridgehead atoms. The molecule has 3 rings (SSSR count). The third-order valence-electron chi connectivity index (χ3n) is 4.73. The summed E-state index contributed by atoms with van der Waals surface area (Å²) in [6.07, 6.45) is 0.188. The zero-order chi connectivity index (χ0) is 20.8. The number of hydrogen-bond donors (Lipinski definition) is 2. The van der Waals surface area contributed by atoms with E-state index in [2.05, 4.69) is 10.6 Å². The van der Waals surface area contributed by atoms with Gasteiger partial charge in [0, 0.05) is 0 Å². The summed E-state index contributed by atoms with van der Waals surface area (Å²) in [5.74, 6) is -0.929. The Morgan fingerprint density at radius 1 is 1.03 bits per heavy atom. The van der Waals surface area contributed by atoms with Crippen molar-refractivity contribution in [3.63, 3.8) is 0 Å². The molecule has 0 aliphatic heterocycles. The summed E-state index contributed by atoms with van der Waals surface area (Å²) in [7, 11) is 1.39. The molecule has 0 fully saturated rings. The van der Waals surface area contributed by atoms with Gasteiger partial charge in [-0.25, -0.2) is 4.39 Å². The summed E-state index contributed by atoms with van der Waals surface area (Å²) >= 11 is 0. The van der Waals surface area contributed by atoms with E-state index in [4.69, 9.17) is 4.74 Å². The van der Waals surface area contributed by atoms with Crippen molar-refractivity contribution in [2.75, 3.05) is 13.7 Å². The van der Waals surface area contributed by atoms with Crippen LogP contribution in [0.5, 0.6) is 5.75 Å². The summed E-state index contributed by atoms with van der Waals surface area (Å²) in [5, 5.41) is 7.47. The Morgan fingerprint density at radius 3 is 2.55 bits per heavy atom. The molecule has 5 nitrogen and oxygen atoms in total. The minimum atomic E-state index is -0.491. The van der Waals surface area contributed by atoms with Gasteiger partial charge in [-0.1, -0.05) is 48.5 Å². The van der Waals surface area contributed by atoms with Crippen LogP contribution in [0.25, 0.3) is 10.8 Å². The molecule has 1 atom stereocenters. The quantitative estimate of drug-likeness (QED) is 0.644. The van der Waals surface area contributed by atoms with Crippen LogP contribution in [-0.4, -0.2) is 25.5 Å². The lowest BCUT2D eigenvalue weighted by molar-refractivity contribution is -0.126. The van der Waals surface area contributed by atoms with E-state index in [1.54, 1.807) is 13.0 Å². The van der Waals surface area contributed by atoms with Crippen LogP contribution in [0.2, 0.25) is 0 Å². The number of rotatable bonds is 7. The maximum absolute atomic E-state index is 13.8. The van der Waals surface area contributed by atoms with Crippen LogP contribution < -0.4 is 15.4 Å². The Labute approximate surface area is 168 Å². The molecule has 0 aromatic heterocycles. The van der Waals surface area contributed by atoms with Crippen LogP contribution in [0.1, 0.15) is 24.1 Å². The van der Waals surface area contributed by atoms with Crippen molar-refractivity contribution < 1.29 is 18.7 Å². The van der Waals surface area contributed by atoms with Gasteiger partial charge in [0.1, 0.15) is 0 Å². The van der Waals surface area contributed by atoms with E-state index in [1.165, 1.54) is 19.2 Å². The van der Waals surface area contributed by atoms with Crippen LogP contribution >= 0.6 is 0 Å². The predicted octanol–water partition coefficient (Wildman–Crippen LogP) is 3.52. The van der Waals surface area contributed by atoms with Crippen molar-refractivity contribution in [3.8, 4) is 5.75 Å². The van der Waals surface area contributed by atoms with Crippen LogP contribution in [0, 0.1) is 5.82 Å². The van der Waals surface area contributed by atoms with Gasteiger partial charge in [0.2, 0.25) is 11.8 Å². The number of amides is 2. The van der Waals surface area contributed by atoms with Crippen LogP contribution in [0.15, 0.2) is 60.7 Å². The standard InChI is InChI=1S/C23H23FN2O3/c1-15(17-10-11-21(29-2)20(24)12-17)26-23(28)14-25-22(27)13-18-8-5-7-16-6-3-4-9-19(16)18/h3-12,15H,13-14H2,1-2H3,(H,25,27)(H,26,28)/t15-/m1/s1. The number of carbonyl (C=O) groups excluding carboxylic acids is 2. The summed E-state index contributed by atoms with van der Waals surface area (Å²) in [6, 6.07) is 17.8. The minimum Gasteiger partial charge on any atom is -0.494 e. The average Bonchev–Trinajstić information content (AvgIpc) is 2.72. The summed E-state index contributed by atoms with van der Waals surface area (Å²) < 4.78 is 18.7. The Kier molecular flexibility index (Phi) is 6.44. The average molecular weight is 394 g/mol. The van der Waals surface area contributed by atoms with Gasteiger partial charge in [-0.3, -0.25) is 9.59 Å². The van der Waals surface area contributed by atoms with Gasteiger partial charge < -0.3 is 15.4 Å². The molecule has 0 unspecified atom stereocenters. The molecule has 0 aliphatic carbocycles. The lowest BCUT2D eigenvalue weighted by atomic mass is 10.0. The van der Waals surface area contributed by atoms with Crippen LogP contribution in [-0.2, 0) is 16.0 Å². The zero-order valence-corrected chi connectivity index (χ0v) is 16.4. The fraction of sp³-hybridized carbons (Fsp3) is 0.217. The lowest BCUT2D eigenvalue weighted by Crippen LogP contribution is -2.38. The topological polar surface area (TPSA) is 67.4 Å². The Hall–Kier alpha value is -3.41. The van der Waals surface area contributed by atoms with Gasteiger partial charge in [-0.2, -0.15) is 0 Å². The molecule has 0 spiro atoms. The third kappa shape index (κ3) is 5.10. The fourth-order valence-electron chi connectivity index (χ4n) is 3.19. The van der Waals surface area contributed by atoms with E-state index in [1.807, 2.05) is 42.5 Å². The van der Waals surface area contributed by atoms with Gasteiger partial charge in [-0.05, 0) is 41.0 Å². The first-order valence-electron chi connectivity index (χ1n) is 9.34. The number of carbonyl (C=O) groups is 2. The van der Waals surface area contributed by atoms with E-state index >= 15 is 0 Å². The summed E-state index contributed by atoms with van der Waals surface area (Å²) in [6.45, 7) is 1.60. The Balaban J connectivity index is 1.53. The molecule has 0 aliphatic rings. The van der Waals surface area contributed by atoms with E-state index < -0.39 is 11.9 Å². The second kappa shape index (κ2) is 9.19. The van der Waals surface area contributed by atoms with Gasteiger partial charge in [0.15, 0.2) is 11.6 Å². The minimum absolute atomic E-state index is 0.146. The molecule has 3 aromatic rings. The molecule has 0 radical (unpaired) electrons. The van der Waals surface area contributed by atoms with Crippen LogP contribution in [0.4, 0.5) is 4.39 Å². The normalized spacial score (nSPS) is 11.7. The molecule has 0 saturated heterocycles.